The molecule has 0 N–H and O–H groups in total. The average Bonchev–Trinajstić information content (AvgIpc) is 1.83. The molecule has 0 spiro atoms. The lowest BCUT2D eigenvalue weighted by molar-refractivity contribution is 0.150. The lowest BCUT2D eigenvalue weighted by Crippen LogP contribution is -2.39. The largest absolute Gasteiger partial charge is 0.302 e. The summed E-state index contributed by atoms with van der Waals surface area (Å²) in [7, 11) is 2.12. The SMILES string of the molecule is CC(C#N)CN(C)C1CCC1. The van der Waals surface area contributed by atoms with Gasteiger partial charge in [-0.05, 0) is 26.8 Å². The fraction of sp³-hybridized carbons (Fsp3) is 0.889. The molecule has 2 heteroatoms. The highest BCUT2D eigenvalue weighted by Crippen LogP contribution is 2.23. The summed E-state index contributed by atoms with van der Waals surface area (Å²) in [6, 6.07) is 3.03. The van der Waals surface area contributed by atoms with Crippen LogP contribution in [-0.2, 0) is 0 Å². The van der Waals surface area contributed by atoms with Gasteiger partial charge in [-0.25, -0.2) is 0 Å². The van der Waals surface area contributed by atoms with Crippen molar-refractivity contribution in [1.29, 1.82) is 5.26 Å². The Hall–Kier alpha value is -0.550. The molecule has 0 amide bonds. The molecule has 0 saturated heterocycles. The summed E-state index contributed by atoms with van der Waals surface area (Å²) in [6.07, 6.45) is 4.03. The van der Waals surface area contributed by atoms with Crippen molar-refractivity contribution >= 4 is 0 Å². The topological polar surface area (TPSA) is 27.0 Å². The quantitative estimate of drug-likeness (QED) is 0.614. The number of rotatable bonds is 3. The fourth-order valence-electron chi connectivity index (χ4n) is 1.45. The molecule has 2 nitrogen and oxygen atoms in total. The van der Waals surface area contributed by atoms with E-state index in [0.29, 0.717) is 0 Å². The van der Waals surface area contributed by atoms with Gasteiger partial charge in [0, 0.05) is 12.6 Å². The molecule has 0 bridgehead atoms. The predicted molar refractivity (Wildman–Crippen MR) is 45.0 cm³/mol. The van der Waals surface area contributed by atoms with Gasteiger partial charge >= 0.3 is 0 Å². The summed E-state index contributed by atoms with van der Waals surface area (Å²) < 4.78 is 0. The third kappa shape index (κ3) is 2.20. The molecule has 1 saturated carbocycles. The molecule has 0 aromatic heterocycles. The van der Waals surface area contributed by atoms with Crippen LogP contribution in [0.4, 0.5) is 0 Å². The van der Waals surface area contributed by atoms with Crippen molar-refractivity contribution in [2.45, 2.75) is 32.2 Å². The summed E-state index contributed by atoms with van der Waals surface area (Å²) in [4.78, 5) is 2.32. The molecular weight excluding hydrogens is 136 g/mol. The third-order valence-electron chi connectivity index (χ3n) is 2.48. The molecule has 0 aliphatic heterocycles. The molecule has 1 unspecified atom stereocenters. The van der Waals surface area contributed by atoms with Crippen LogP contribution in [0.15, 0.2) is 0 Å². The predicted octanol–water partition coefficient (Wildman–Crippen LogP) is 1.63. The van der Waals surface area contributed by atoms with Crippen LogP contribution >= 0.6 is 0 Å². The van der Waals surface area contributed by atoms with Gasteiger partial charge < -0.3 is 4.90 Å². The first-order valence-corrected chi connectivity index (χ1v) is 4.34. The Morgan fingerprint density at radius 3 is 2.64 bits per heavy atom. The van der Waals surface area contributed by atoms with E-state index in [1.54, 1.807) is 0 Å². The van der Waals surface area contributed by atoms with E-state index in [-0.39, 0.29) is 5.92 Å². The molecule has 0 aromatic carbocycles. The summed E-state index contributed by atoms with van der Waals surface area (Å²) in [5.41, 5.74) is 0. The average molecular weight is 152 g/mol. The fourth-order valence-corrected chi connectivity index (χ4v) is 1.45. The van der Waals surface area contributed by atoms with Crippen LogP contribution in [-0.4, -0.2) is 24.5 Å². The Labute approximate surface area is 68.8 Å². The van der Waals surface area contributed by atoms with Gasteiger partial charge in [-0.1, -0.05) is 6.42 Å². The van der Waals surface area contributed by atoms with Crippen molar-refractivity contribution in [2.24, 2.45) is 5.92 Å². The molecule has 0 heterocycles. The van der Waals surface area contributed by atoms with Gasteiger partial charge in [0.2, 0.25) is 0 Å². The highest BCUT2D eigenvalue weighted by molar-refractivity contribution is 4.85. The zero-order valence-corrected chi connectivity index (χ0v) is 7.38. The molecule has 0 aromatic rings. The van der Waals surface area contributed by atoms with E-state index in [1.165, 1.54) is 19.3 Å². The Bertz CT molecular complexity index is 155. The standard InChI is InChI=1S/C9H16N2/c1-8(6-10)7-11(2)9-4-3-5-9/h8-9H,3-5,7H2,1-2H3. The van der Waals surface area contributed by atoms with Crippen LogP contribution in [0.3, 0.4) is 0 Å². The number of hydrogen-bond donors (Lipinski definition) is 0. The van der Waals surface area contributed by atoms with E-state index in [1.807, 2.05) is 6.92 Å². The Morgan fingerprint density at radius 1 is 1.64 bits per heavy atom. The summed E-state index contributed by atoms with van der Waals surface area (Å²) in [5.74, 6) is 0.181. The molecule has 1 aliphatic rings. The molecule has 11 heavy (non-hydrogen) atoms. The molecular formula is C9H16N2. The van der Waals surface area contributed by atoms with E-state index in [9.17, 15) is 0 Å². The smallest absolute Gasteiger partial charge is 0.0666 e. The maximum absolute atomic E-state index is 8.58. The molecule has 1 rings (SSSR count). The zero-order valence-electron chi connectivity index (χ0n) is 7.38. The van der Waals surface area contributed by atoms with Crippen molar-refractivity contribution in [3.05, 3.63) is 0 Å². The van der Waals surface area contributed by atoms with Crippen LogP contribution in [0.25, 0.3) is 0 Å². The number of hydrogen-bond acceptors (Lipinski definition) is 2. The minimum Gasteiger partial charge on any atom is -0.302 e. The van der Waals surface area contributed by atoms with Crippen molar-refractivity contribution in [3.63, 3.8) is 0 Å². The van der Waals surface area contributed by atoms with E-state index in [2.05, 4.69) is 18.0 Å². The minimum absolute atomic E-state index is 0.181. The van der Waals surface area contributed by atoms with Gasteiger partial charge in [-0.15, -0.1) is 0 Å². The molecule has 0 radical (unpaired) electrons. The van der Waals surface area contributed by atoms with Crippen molar-refractivity contribution in [3.8, 4) is 6.07 Å². The van der Waals surface area contributed by atoms with Gasteiger partial charge in [0.15, 0.2) is 0 Å². The number of nitriles is 1. The van der Waals surface area contributed by atoms with Crippen LogP contribution in [0.5, 0.6) is 0 Å². The third-order valence-corrected chi connectivity index (χ3v) is 2.48. The first-order chi connectivity index (χ1) is 5.24. The van der Waals surface area contributed by atoms with Crippen LogP contribution in [0.2, 0.25) is 0 Å². The Kier molecular flexibility index (Phi) is 2.90. The van der Waals surface area contributed by atoms with Gasteiger partial charge in [0.25, 0.3) is 0 Å². The van der Waals surface area contributed by atoms with Crippen LogP contribution in [0, 0.1) is 17.2 Å². The van der Waals surface area contributed by atoms with Gasteiger partial charge in [0.1, 0.15) is 0 Å². The maximum atomic E-state index is 8.58. The lowest BCUT2D eigenvalue weighted by atomic mass is 9.91. The second kappa shape index (κ2) is 3.73. The van der Waals surface area contributed by atoms with E-state index in [4.69, 9.17) is 5.26 Å². The monoisotopic (exact) mass is 152 g/mol. The first-order valence-electron chi connectivity index (χ1n) is 4.34. The van der Waals surface area contributed by atoms with Crippen molar-refractivity contribution < 1.29 is 0 Å². The van der Waals surface area contributed by atoms with E-state index < -0.39 is 0 Å². The normalized spacial score (nSPS) is 20.9. The lowest BCUT2D eigenvalue weighted by Gasteiger charge is -2.35. The van der Waals surface area contributed by atoms with Gasteiger partial charge in [-0.2, -0.15) is 5.26 Å². The first kappa shape index (κ1) is 8.55. The molecule has 62 valence electrons. The maximum Gasteiger partial charge on any atom is 0.0666 e. The molecule has 1 aliphatic carbocycles. The van der Waals surface area contributed by atoms with Crippen LogP contribution < -0.4 is 0 Å². The summed E-state index contributed by atoms with van der Waals surface area (Å²) in [6.45, 7) is 2.91. The Balaban J connectivity index is 2.20. The van der Waals surface area contributed by atoms with Crippen molar-refractivity contribution in [2.75, 3.05) is 13.6 Å². The highest BCUT2D eigenvalue weighted by atomic mass is 15.1. The number of nitrogens with zero attached hydrogens (tertiary/aromatic N) is 2. The van der Waals surface area contributed by atoms with Gasteiger partial charge in [0.05, 0.1) is 12.0 Å². The summed E-state index contributed by atoms with van der Waals surface area (Å²) in [5, 5.41) is 8.58. The van der Waals surface area contributed by atoms with Crippen molar-refractivity contribution in [1.82, 2.24) is 4.90 Å². The molecule has 1 atom stereocenters. The highest BCUT2D eigenvalue weighted by Gasteiger charge is 2.22. The second-order valence-electron chi connectivity index (χ2n) is 3.55. The summed E-state index contributed by atoms with van der Waals surface area (Å²) >= 11 is 0. The minimum atomic E-state index is 0.181. The Morgan fingerprint density at radius 2 is 2.27 bits per heavy atom. The molecule has 1 fully saturated rings. The van der Waals surface area contributed by atoms with E-state index in [0.717, 1.165) is 12.6 Å². The van der Waals surface area contributed by atoms with E-state index >= 15 is 0 Å². The van der Waals surface area contributed by atoms with Gasteiger partial charge in [-0.3, -0.25) is 0 Å². The zero-order chi connectivity index (χ0) is 8.27. The van der Waals surface area contributed by atoms with Crippen LogP contribution in [0.1, 0.15) is 26.2 Å². The second-order valence-corrected chi connectivity index (χ2v) is 3.55.